The van der Waals surface area contributed by atoms with E-state index in [1.807, 2.05) is 30.3 Å². The fourth-order valence-electron chi connectivity index (χ4n) is 3.65. The first-order valence-corrected chi connectivity index (χ1v) is 10.2. The summed E-state index contributed by atoms with van der Waals surface area (Å²) >= 11 is 0. The second-order valence-electron chi connectivity index (χ2n) is 7.52. The lowest BCUT2D eigenvalue weighted by Gasteiger charge is -2.17. The zero-order chi connectivity index (χ0) is 21.8. The molecule has 5 heteroatoms. The zero-order valence-corrected chi connectivity index (χ0v) is 17.2. The number of aromatic hydroxyl groups is 1. The molecule has 0 saturated carbocycles. The fourth-order valence-corrected chi connectivity index (χ4v) is 3.65. The number of carbonyl (C=O) groups is 1. The summed E-state index contributed by atoms with van der Waals surface area (Å²) in [7, 11) is 0. The number of ether oxygens (including phenoxy) is 2. The highest BCUT2D eigenvalue weighted by atomic mass is 19.1. The number of hydrogen-bond donors (Lipinski definition) is 1. The number of aryl methyl sites for hydroxylation is 2. The Morgan fingerprint density at radius 2 is 1.74 bits per heavy atom. The number of fused-ring (bicyclic) bond motifs is 1. The number of benzene rings is 3. The highest BCUT2D eigenvalue weighted by Crippen LogP contribution is 2.29. The molecule has 0 heterocycles. The second kappa shape index (κ2) is 9.04. The first-order chi connectivity index (χ1) is 15.0. The van der Waals surface area contributed by atoms with Gasteiger partial charge in [0.25, 0.3) is 0 Å². The van der Waals surface area contributed by atoms with Gasteiger partial charge in [-0.25, -0.2) is 4.39 Å². The average molecular weight is 418 g/mol. The SMILES string of the molecule is Cc1cc(F)ccc1OCCOc1ccc(/C=C2\CCc3cc(O)ccc3C2=O)cc1. The quantitative estimate of drug-likeness (QED) is 0.424. The fraction of sp³-hybridized carbons (Fsp3) is 0.192. The van der Waals surface area contributed by atoms with Crippen LogP contribution in [-0.2, 0) is 6.42 Å². The van der Waals surface area contributed by atoms with Gasteiger partial charge in [0.2, 0.25) is 0 Å². The molecule has 3 aromatic carbocycles. The molecule has 0 spiro atoms. The highest BCUT2D eigenvalue weighted by molar-refractivity contribution is 6.13. The van der Waals surface area contributed by atoms with Crippen LogP contribution in [0.15, 0.2) is 66.2 Å². The number of phenols is 1. The molecule has 0 saturated heterocycles. The van der Waals surface area contributed by atoms with Crippen LogP contribution in [-0.4, -0.2) is 24.1 Å². The van der Waals surface area contributed by atoms with E-state index in [2.05, 4.69) is 0 Å². The molecule has 3 aromatic rings. The van der Waals surface area contributed by atoms with Gasteiger partial charge in [0, 0.05) is 11.1 Å². The molecular weight excluding hydrogens is 395 g/mol. The molecule has 158 valence electrons. The van der Waals surface area contributed by atoms with Gasteiger partial charge < -0.3 is 14.6 Å². The maximum Gasteiger partial charge on any atom is 0.189 e. The molecule has 1 N–H and O–H groups in total. The molecule has 1 aliphatic rings. The predicted molar refractivity (Wildman–Crippen MR) is 117 cm³/mol. The van der Waals surface area contributed by atoms with Gasteiger partial charge in [0.1, 0.15) is 36.3 Å². The Balaban J connectivity index is 1.33. The van der Waals surface area contributed by atoms with Gasteiger partial charge in [-0.15, -0.1) is 0 Å². The van der Waals surface area contributed by atoms with Gasteiger partial charge in [-0.2, -0.15) is 0 Å². The third kappa shape index (κ3) is 4.94. The lowest BCUT2D eigenvalue weighted by Crippen LogP contribution is -2.13. The normalized spacial score (nSPS) is 14.4. The van der Waals surface area contributed by atoms with Crippen molar-refractivity contribution in [2.45, 2.75) is 19.8 Å². The molecular formula is C26H23FO4. The van der Waals surface area contributed by atoms with Crippen LogP contribution in [0.25, 0.3) is 6.08 Å². The monoisotopic (exact) mass is 418 g/mol. The molecule has 31 heavy (non-hydrogen) atoms. The lowest BCUT2D eigenvalue weighted by molar-refractivity contribution is 0.102. The van der Waals surface area contributed by atoms with E-state index in [0.29, 0.717) is 36.7 Å². The zero-order valence-electron chi connectivity index (χ0n) is 17.2. The smallest absolute Gasteiger partial charge is 0.189 e. The Labute approximate surface area is 180 Å². The van der Waals surface area contributed by atoms with Crippen LogP contribution >= 0.6 is 0 Å². The average Bonchev–Trinajstić information content (AvgIpc) is 2.75. The molecule has 0 aromatic heterocycles. The van der Waals surface area contributed by atoms with Gasteiger partial charge in [-0.1, -0.05) is 12.1 Å². The summed E-state index contributed by atoms with van der Waals surface area (Å²) in [6.45, 7) is 2.51. The standard InChI is InChI=1S/C26H23FO4/c1-17-14-21(27)6-11-25(17)31-13-12-30-23-8-2-18(3-9-23)15-20-5-4-19-16-22(28)7-10-24(19)26(20)29/h2-3,6-11,14-16,28H,4-5,12-13H2,1H3/b20-15+. The summed E-state index contributed by atoms with van der Waals surface area (Å²) in [5.74, 6) is 1.26. The first kappa shape index (κ1) is 20.7. The molecule has 0 amide bonds. The van der Waals surface area contributed by atoms with Crippen molar-refractivity contribution < 1.29 is 23.8 Å². The van der Waals surface area contributed by atoms with Gasteiger partial charge in [-0.3, -0.25) is 4.79 Å². The summed E-state index contributed by atoms with van der Waals surface area (Å²) < 4.78 is 24.5. The topological polar surface area (TPSA) is 55.8 Å². The van der Waals surface area contributed by atoms with E-state index in [4.69, 9.17) is 9.47 Å². The van der Waals surface area contributed by atoms with Gasteiger partial charge in [-0.05, 0) is 91.1 Å². The van der Waals surface area contributed by atoms with E-state index in [1.165, 1.54) is 12.1 Å². The Kier molecular flexibility index (Phi) is 6.03. The van der Waals surface area contributed by atoms with Crippen molar-refractivity contribution in [3.05, 3.63) is 94.3 Å². The maximum atomic E-state index is 13.1. The molecule has 4 nitrogen and oxygen atoms in total. The first-order valence-electron chi connectivity index (χ1n) is 10.2. The molecule has 0 unspecified atom stereocenters. The van der Waals surface area contributed by atoms with Crippen molar-refractivity contribution in [3.63, 3.8) is 0 Å². The molecule has 1 aliphatic carbocycles. The number of allylic oxidation sites excluding steroid dienone is 1. The number of phenolic OH excluding ortho intramolecular Hbond substituents is 1. The van der Waals surface area contributed by atoms with Gasteiger partial charge >= 0.3 is 0 Å². The van der Waals surface area contributed by atoms with E-state index < -0.39 is 0 Å². The van der Waals surface area contributed by atoms with Crippen LogP contribution in [0.3, 0.4) is 0 Å². The predicted octanol–water partition coefficient (Wildman–Crippen LogP) is 5.51. The van der Waals surface area contributed by atoms with Crippen molar-refractivity contribution >= 4 is 11.9 Å². The largest absolute Gasteiger partial charge is 0.508 e. The van der Waals surface area contributed by atoms with Crippen molar-refractivity contribution in [1.82, 2.24) is 0 Å². The Morgan fingerprint density at radius 1 is 0.968 bits per heavy atom. The van der Waals surface area contributed by atoms with Crippen molar-refractivity contribution in [2.75, 3.05) is 13.2 Å². The molecule has 0 atom stereocenters. The number of carbonyl (C=O) groups excluding carboxylic acids is 1. The van der Waals surface area contributed by atoms with E-state index in [1.54, 1.807) is 31.2 Å². The summed E-state index contributed by atoms with van der Waals surface area (Å²) in [5.41, 5.74) is 3.98. The van der Waals surface area contributed by atoms with E-state index in [-0.39, 0.29) is 17.3 Å². The third-order valence-corrected chi connectivity index (χ3v) is 5.26. The number of hydrogen-bond acceptors (Lipinski definition) is 4. The van der Waals surface area contributed by atoms with E-state index >= 15 is 0 Å². The van der Waals surface area contributed by atoms with Crippen LogP contribution < -0.4 is 9.47 Å². The lowest BCUT2D eigenvalue weighted by atomic mass is 9.86. The summed E-state index contributed by atoms with van der Waals surface area (Å²) in [4.78, 5) is 12.7. The number of Topliss-reactive ketones (excluding diaryl/α,β-unsaturated/α-hetero) is 1. The second-order valence-corrected chi connectivity index (χ2v) is 7.52. The van der Waals surface area contributed by atoms with Crippen LogP contribution in [0.2, 0.25) is 0 Å². The summed E-state index contributed by atoms with van der Waals surface area (Å²) in [5, 5.41) is 9.60. The minimum atomic E-state index is -0.283. The third-order valence-electron chi connectivity index (χ3n) is 5.26. The minimum absolute atomic E-state index is 0.00909. The number of rotatable bonds is 6. The summed E-state index contributed by atoms with van der Waals surface area (Å²) in [6, 6.07) is 16.8. The highest BCUT2D eigenvalue weighted by Gasteiger charge is 2.22. The van der Waals surface area contributed by atoms with Crippen molar-refractivity contribution in [3.8, 4) is 17.2 Å². The van der Waals surface area contributed by atoms with E-state index in [9.17, 15) is 14.3 Å². The van der Waals surface area contributed by atoms with Crippen LogP contribution in [0.1, 0.15) is 33.5 Å². The molecule has 0 fully saturated rings. The van der Waals surface area contributed by atoms with Crippen LogP contribution in [0.4, 0.5) is 4.39 Å². The molecule has 0 radical (unpaired) electrons. The summed E-state index contributed by atoms with van der Waals surface area (Å²) in [6.07, 6.45) is 3.28. The minimum Gasteiger partial charge on any atom is -0.508 e. The van der Waals surface area contributed by atoms with Crippen LogP contribution in [0, 0.1) is 12.7 Å². The van der Waals surface area contributed by atoms with E-state index in [0.717, 1.165) is 28.7 Å². The Bertz CT molecular complexity index is 1130. The maximum absolute atomic E-state index is 13.1. The Hall–Kier alpha value is -3.60. The van der Waals surface area contributed by atoms with Crippen LogP contribution in [0.5, 0.6) is 17.2 Å². The van der Waals surface area contributed by atoms with Gasteiger partial charge in [0.05, 0.1) is 0 Å². The number of ketones is 1. The Morgan fingerprint density at radius 3 is 2.52 bits per heavy atom. The molecule has 4 rings (SSSR count). The van der Waals surface area contributed by atoms with Gasteiger partial charge in [0.15, 0.2) is 5.78 Å². The number of halogens is 1. The molecule has 0 aliphatic heterocycles. The van der Waals surface area contributed by atoms with Crippen molar-refractivity contribution in [2.24, 2.45) is 0 Å². The molecule has 0 bridgehead atoms. The van der Waals surface area contributed by atoms with Crippen molar-refractivity contribution in [1.29, 1.82) is 0 Å².